The standard InChI is InChI=1S/C42H51ClN5O9PS/c1-24(2)56-42(53)25(3)45-58(54,57-35-7-5-4-6-32(35)43)23-26-8-11-36-29(16-26)20-37(59-36)38(49)44-33-19-28-17-27(28)18-31-9-10-34(48(31)40(33)51)41(52)47-21-30(22-47)39(50)46-12-14-55-15-13-46/h4-8,11,16,20,24-25,27-28,30-31,33-34H,9-10,12-15,17-19,21-23H2,1-3H3,(H,44,49)(H,45,54)/t25-,27+,28-,31+,33-,34-,58?/m0/s1. The van der Waals surface area contributed by atoms with Crippen LogP contribution in [-0.4, -0.2) is 114 Å². The molecular weight excluding hydrogens is 817 g/mol. The summed E-state index contributed by atoms with van der Waals surface area (Å²) >= 11 is 7.65. The van der Waals surface area contributed by atoms with Gasteiger partial charge in [-0.05, 0) is 106 Å². The van der Waals surface area contributed by atoms with Gasteiger partial charge in [-0.25, -0.2) is 5.09 Å². The van der Waals surface area contributed by atoms with Gasteiger partial charge in [0.15, 0.2) is 0 Å². The average Bonchev–Trinajstić information content (AvgIpc) is 3.53. The highest BCUT2D eigenvalue weighted by atomic mass is 35.5. The van der Waals surface area contributed by atoms with Gasteiger partial charge in [0.2, 0.25) is 17.7 Å². The topological polar surface area (TPSA) is 164 Å². The van der Waals surface area contributed by atoms with Crippen LogP contribution in [0.2, 0.25) is 5.02 Å². The lowest BCUT2D eigenvalue weighted by atomic mass is 9.96. The zero-order chi connectivity index (χ0) is 41.6. The van der Waals surface area contributed by atoms with Gasteiger partial charge in [-0.2, -0.15) is 0 Å². The van der Waals surface area contributed by atoms with Crippen LogP contribution in [0.25, 0.3) is 10.1 Å². The van der Waals surface area contributed by atoms with Crippen LogP contribution in [0.3, 0.4) is 0 Å². The lowest BCUT2D eigenvalue weighted by molar-refractivity contribution is -0.157. The summed E-state index contributed by atoms with van der Waals surface area (Å²) in [6.45, 7) is 7.90. The molecule has 2 N–H and O–H groups in total. The number of nitrogens with one attached hydrogen (secondary N) is 2. The molecule has 1 saturated carbocycles. The molecule has 1 aromatic heterocycles. The van der Waals surface area contributed by atoms with Crippen LogP contribution in [0.5, 0.6) is 5.75 Å². The van der Waals surface area contributed by atoms with E-state index < -0.39 is 31.6 Å². The maximum absolute atomic E-state index is 14.5. The Kier molecular flexibility index (Phi) is 12.1. The summed E-state index contributed by atoms with van der Waals surface area (Å²) in [5.41, 5.74) is 0.638. The minimum absolute atomic E-state index is 0.0545. The lowest BCUT2D eigenvalue weighted by Gasteiger charge is -2.44. The Labute approximate surface area is 352 Å². The van der Waals surface area contributed by atoms with Gasteiger partial charge in [0, 0.05) is 36.9 Å². The average molecular weight is 868 g/mol. The van der Waals surface area contributed by atoms with Crippen molar-refractivity contribution in [2.75, 3.05) is 39.4 Å². The van der Waals surface area contributed by atoms with Gasteiger partial charge in [0.05, 0.1) is 41.3 Å². The minimum atomic E-state index is -3.82. The van der Waals surface area contributed by atoms with Crippen molar-refractivity contribution >= 4 is 70.1 Å². The van der Waals surface area contributed by atoms with Crippen molar-refractivity contribution in [3.63, 3.8) is 0 Å². The number of nitrogens with zero attached hydrogens (tertiary/aromatic N) is 3. The molecule has 5 fully saturated rings. The normalized spacial score (nSPS) is 25.9. The number of likely N-dealkylation sites (tertiary alicyclic amines) is 1. The van der Waals surface area contributed by atoms with Crippen LogP contribution in [0, 0.1) is 17.8 Å². The highest BCUT2D eigenvalue weighted by Gasteiger charge is 2.53. The number of halogens is 1. The Bertz CT molecular complexity index is 2170. The molecule has 59 heavy (non-hydrogen) atoms. The summed E-state index contributed by atoms with van der Waals surface area (Å²) in [4.78, 5) is 73.6. The molecular formula is C42H51ClN5O9PS. The number of rotatable bonds is 12. The van der Waals surface area contributed by atoms with Crippen molar-refractivity contribution < 1.29 is 42.5 Å². The molecule has 3 aromatic rings. The van der Waals surface area contributed by atoms with Crippen molar-refractivity contribution in [3.8, 4) is 5.75 Å². The minimum Gasteiger partial charge on any atom is -0.462 e. The molecule has 4 amide bonds. The second-order valence-electron chi connectivity index (χ2n) is 16.8. The van der Waals surface area contributed by atoms with Crippen LogP contribution in [0.1, 0.15) is 68.1 Å². The third kappa shape index (κ3) is 9.19. The fraction of sp³-hybridized carbons (Fsp3) is 0.548. The van der Waals surface area contributed by atoms with E-state index in [9.17, 15) is 28.5 Å². The molecule has 1 aliphatic carbocycles. The molecule has 0 radical (unpaired) electrons. The van der Waals surface area contributed by atoms with Crippen molar-refractivity contribution in [1.29, 1.82) is 0 Å². The van der Waals surface area contributed by atoms with Crippen molar-refractivity contribution in [1.82, 2.24) is 25.1 Å². The number of thiophene rings is 1. The van der Waals surface area contributed by atoms with Gasteiger partial charge in [-0.15, -0.1) is 11.3 Å². The molecule has 0 bridgehead atoms. The zero-order valence-electron chi connectivity index (χ0n) is 33.5. The fourth-order valence-corrected chi connectivity index (χ4v) is 12.2. The monoisotopic (exact) mass is 867 g/mol. The molecule has 8 rings (SSSR count). The van der Waals surface area contributed by atoms with Crippen LogP contribution in [0.15, 0.2) is 48.5 Å². The maximum Gasteiger partial charge on any atom is 0.323 e. The summed E-state index contributed by atoms with van der Waals surface area (Å²) in [7, 11) is -3.82. The Morgan fingerprint density at radius 3 is 2.44 bits per heavy atom. The van der Waals surface area contributed by atoms with Crippen LogP contribution in [-0.2, 0) is 39.4 Å². The Hall–Kier alpha value is -4.01. The number of morpholine rings is 1. The number of fused-ring (bicyclic) bond motifs is 3. The smallest absolute Gasteiger partial charge is 0.323 e. The van der Waals surface area contributed by atoms with E-state index in [0.29, 0.717) is 74.5 Å². The third-order valence-electron chi connectivity index (χ3n) is 12.1. The molecule has 7 atom stereocenters. The Morgan fingerprint density at radius 1 is 0.949 bits per heavy atom. The first-order valence-corrected chi connectivity index (χ1v) is 23.6. The number of amides is 4. The number of benzene rings is 2. The number of ether oxygens (including phenoxy) is 2. The summed E-state index contributed by atoms with van der Waals surface area (Å²) in [5.74, 6) is -0.456. The Balaban J connectivity index is 0.952. The number of carbonyl (C=O) groups is 5. The van der Waals surface area contributed by atoms with Gasteiger partial charge in [-0.1, -0.05) is 29.8 Å². The van der Waals surface area contributed by atoms with Gasteiger partial charge in [0.25, 0.3) is 5.91 Å². The van der Waals surface area contributed by atoms with E-state index in [2.05, 4.69) is 10.4 Å². The first-order chi connectivity index (χ1) is 28.2. The molecule has 14 nitrogen and oxygen atoms in total. The predicted octanol–water partition coefficient (Wildman–Crippen LogP) is 5.46. The first-order valence-electron chi connectivity index (χ1n) is 20.6. The number of para-hydroxylation sites is 1. The summed E-state index contributed by atoms with van der Waals surface area (Å²) in [6.07, 6.45) is 3.24. The van der Waals surface area contributed by atoms with E-state index >= 15 is 0 Å². The highest BCUT2D eigenvalue weighted by molar-refractivity contribution is 7.56. The SMILES string of the molecule is CC(C)OC(=O)[C@H](C)NP(=O)(Cc1ccc2sc(C(=O)N[C@H]3C[C@@H]4C[C@@H]4C[C@H]4CC[C@@H](C(=O)N5CC(C(=O)N6CCOCC6)C5)N4C3=O)cc2c1)Oc1ccccc1Cl. The van der Waals surface area contributed by atoms with Crippen LogP contribution in [0.4, 0.5) is 0 Å². The van der Waals surface area contributed by atoms with Crippen molar-refractivity contribution in [2.24, 2.45) is 17.8 Å². The number of hydrogen-bond donors (Lipinski definition) is 2. The lowest BCUT2D eigenvalue weighted by Crippen LogP contribution is -2.62. The molecule has 5 aliphatic rings. The van der Waals surface area contributed by atoms with Gasteiger partial charge < -0.3 is 34.0 Å². The molecule has 0 spiro atoms. The van der Waals surface area contributed by atoms with E-state index in [0.717, 1.165) is 29.3 Å². The number of hydrogen-bond acceptors (Lipinski definition) is 10. The predicted molar refractivity (Wildman–Crippen MR) is 222 cm³/mol. The molecule has 5 heterocycles. The van der Waals surface area contributed by atoms with E-state index in [-0.39, 0.29) is 58.6 Å². The summed E-state index contributed by atoms with van der Waals surface area (Å²) in [6, 6.07) is 11.5. The summed E-state index contributed by atoms with van der Waals surface area (Å²) in [5, 5.41) is 6.94. The number of carbonyl (C=O) groups excluding carboxylic acids is 5. The fourth-order valence-electron chi connectivity index (χ4n) is 8.94. The van der Waals surface area contributed by atoms with Crippen LogP contribution < -0.4 is 14.9 Å². The van der Waals surface area contributed by atoms with E-state index in [4.69, 9.17) is 25.6 Å². The molecule has 316 valence electrons. The molecule has 2 aromatic carbocycles. The van der Waals surface area contributed by atoms with Gasteiger partial charge in [-0.3, -0.25) is 28.5 Å². The van der Waals surface area contributed by atoms with Gasteiger partial charge in [0.1, 0.15) is 23.9 Å². The van der Waals surface area contributed by atoms with Crippen molar-refractivity contribution in [2.45, 2.75) is 89.3 Å². The molecule has 1 unspecified atom stereocenters. The molecule has 4 saturated heterocycles. The maximum atomic E-state index is 14.5. The van der Waals surface area contributed by atoms with E-state index in [1.54, 1.807) is 67.0 Å². The van der Waals surface area contributed by atoms with E-state index in [1.165, 1.54) is 11.3 Å². The summed E-state index contributed by atoms with van der Waals surface area (Å²) < 4.78 is 32.0. The zero-order valence-corrected chi connectivity index (χ0v) is 35.9. The van der Waals surface area contributed by atoms with E-state index in [1.807, 2.05) is 17.0 Å². The second kappa shape index (κ2) is 17.2. The second-order valence-corrected chi connectivity index (χ2v) is 20.4. The first kappa shape index (κ1) is 41.7. The quantitative estimate of drug-likeness (QED) is 0.177. The largest absolute Gasteiger partial charge is 0.462 e. The molecule has 4 aliphatic heterocycles. The van der Waals surface area contributed by atoms with Crippen LogP contribution >= 0.6 is 30.5 Å². The molecule has 17 heteroatoms. The van der Waals surface area contributed by atoms with Gasteiger partial charge >= 0.3 is 13.5 Å². The highest BCUT2D eigenvalue weighted by Crippen LogP contribution is 2.51. The third-order valence-corrected chi connectivity index (χ3v) is 15.5. The Morgan fingerprint density at radius 2 is 1.69 bits per heavy atom. The number of esters is 1. The van der Waals surface area contributed by atoms with Crippen molar-refractivity contribution in [3.05, 3.63) is 64.0 Å².